The number of pyridine rings is 2. The van der Waals surface area contributed by atoms with Crippen LogP contribution in [0.3, 0.4) is 0 Å². The van der Waals surface area contributed by atoms with E-state index in [1.807, 2.05) is 37.4 Å². The molecule has 2 fully saturated rings. The molecule has 14 nitrogen and oxygen atoms in total. The second kappa shape index (κ2) is 17.6. The molecular weight excluding hydrogens is 932 g/mol. The Bertz CT molecular complexity index is 2810. The van der Waals surface area contributed by atoms with Crippen LogP contribution in [0.15, 0.2) is 94.1 Å². The summed E-state index contributed by atoms with van der Waals surface area (Å²) in [5.74, 6) is -0.816. The molecule has 3 aliphatic heterocycles. The maximum atomic E-state index is 12.7. The fraction of sp³-hybridized carbons (Fsp3) is 0.362. The highest BCUT2D eigenvalue weighted by molar-refractivity contribution is 9.10. The Kier molecular flexibility index (Phi) is 12.0. The minimum Gasteiger partial charge on any atom is -0.476 e. The molecule has 2 saturated heterocycles. The topological polar surface area (TPSA) is 160 Å². The van der Waals surface area contributed by atoms with Crippen LogP contribution >= 0.6 is 31.9 Å². The smallest absolute Gasteiger partial charge is 0.360 e. The van der Waals surface area contributed by atoms with Crippen molar-refractivity contribution in [1.29, 1.82) is 0 Å². The lowest BCUT2D eigenvalue weighted by molar-refractivity contribution is 0.0489. The normalized spacial score (nSPS) is 18.8. The first-order valence-electron chi connectivity index (χ1n) is 21.1. The van der Waals surface area contributed by atoms with Crippen LogP contribution in [-0.2, 0) is 33.8 Å². The summed E-state index contributed by atoms with van der Waals surface area (Å²) in [6.07, 6.45) is 7.21. The predicted octanol–water partition coefficient (Wildman–Crippen LogP) is 9.28. The van der Waals surface area contributed by atoms with Crippen molar-refractivity contribution in [2.75, 3.05) is 38.9 Å². The van der Waals surface area contributed by atoms with Crippen molar-refractivity contribution in [1.82, 2.24) is 34.1 Å². The standard InChI is InChI=1S/C24H25BrN4O3.C23H23BrN4O3/c1-24(17(14-6-4-3-5-7-14)15-9-12-32-13-10-15)18-20(23(30)31)28-29(2)22(18)21-19(27-24)16(25)8-11-26-21;1-27-21-18-17(12-16(24)13-25-18)28(22(21)19(26-27)23(29)30-2)20(14-6-4-3-5-7-14)15-8-10-31-11-9-15/h3-8,11,15,17,27H,9-10,12-13H2,1-2H3,(H,30,31);3-7,12-13,15,20H,8-11H2,1-2H3. The lowest BCUT2D eigenvalue weighted by Crippen LogP contribution is -2.46. The van der Waals surface area contributed by atoms with Gasteiger partial charge in [-0.1, -0.05) is 60.7 Å². The summed E-state index contributed by atoms with van der Waals surface area (Å²) in [5.41, 5.74) is 8.36. The summed E-state index contributed by atoms with van der Waals surface area (Å²) in [6.45, 7) is 4.98. The number of hydrogen-bond acceptors (Lipinski definition) is 10. The lowest BCUT2D eigenvalue weighted by Gasteiger charge is -2.47. The lowest BCUT2D eigenvalue weighted by atomic mass is 9.65. The van der Waals surface area contributed by atoms with Crippen molar-refractivity contribution in [3.63, 3.8) is 0 Å². The number of nitrogens with one attached hydrogen (secondary N) is 1. The van der Waals surface area contributed by atoms with E-state index in [4.69, 9.17) is 19.2 Å². The van der Waals surface area contributed by atoms with Gasteiger partial charge in [0.05, 0.1) is 35.6 Å². The van der Waals surface area contributed by atoms with Gasteiger partial charge in [-0.15, -0.1) is 0 Å². The minimum absolute atomic E-state index is 0.00815. The molecule has 16 heteroatoms. The molecular formula is C47H48Br2N8O6. The number of aromatic nitrogens is 7. The maximum Gasteiger partial charge on any atom is 0.360 e. The van der Waals surface area contributed by atoms with Crippen molar-refractivity contribution in [2.24, 2.45) is 25.9 Å². The van der Waals surface area contributed by atoms with Crippen LogP contribution in [0.2, 0.25) is 0 Å². The molecule has 0 radical (unpaired) electrons. The van der Waals surface area contributed by atoms with E-state index in [9.17, 15) is 14.7 Å². The van der Waals surface area contributed by atoms with Gasteiger partial charge in [-0.05, 0) is 99.6 Å². The number of carbonyl (C=O) groups excluding carboxylic acids is 1. The summed E-state index contributed by atoms with van der Waals surface area (Å²) in [7, 11) is 5.02. The Labute approximate surface area is 381 Å². The number of carboxylic acids is 1. The molecule has 0 saturated carbocycles. The van der Waals surface area contributed by atoms with Crippen LogP contribution in [-0.4, -0.2) is 84.7 Å². The van der Waals surface area contributed by atoms with Crippen LogP contribution in [0.1, 0.15) is 82.2 Å². The van der Waals surface area contributed by atoms with E-state index in [-0.39, 0.29) is 17.7 Å². The first-order valence-corrected chi connectivity index (χ1v) is 22.7. The van der Waals surface area contributed by atoms with Gasteiger partial charge in [0.15, 0.2) is 11.4 Å². The first-order chi connectivity index (χ1) is 30.5. The molecule has 3 atom stereocenters. The number of esters is 1. The summed E-state index contributed by atoms with van der Waals surface area (Å²) < 4.78 is 23.8. The summed E-state index contributed by atoms with van der Waals surface area (Å²) in [4.78, 5) is 34.3. The van der Waals surface area contributed by atoms with E-state index in [1.54, 1.807) is 28.8 Å². The average Bonchev–Trinajstić information content (AvgIpc) is 3.95. The fourth-order valence-corrected chi connectivity index (χ4v) is 11.0. The molecule has 8 heterocycles. The predicted molar refractivity (Wildman–Crippen MR) is 246 cm³/mol. The van der Waals surface area contributed by atoms with E-state index < -0.39 is 17.5 Å². The SMILES string of the molecule is COC(=O)c1nn(C)c2c3ncc(Br)cc3n(C(c3ccccc3)C3CCOCC3)c12.Cn1nc(C(=O)O)c2c1-c1nccc(Br)c1NC2(C)C(c1ccccc1)C1CCOCC1. The van der Waals surface area contributed by atoms with Gasteiger partial charge in [0.2, 0.25) is 0 Å². The van der Waals surface area contributed by atoms with Gasteiger partial charge >= 0.3 is 11.9 Å². The highest BCUT2D eigenvalue weighted by Crippen LogP contribution is 2.55. The molecule has 2 N–H and O–H groups in total. The number of anilines is 1. The van der Waals surface area contributed by atoms with Crippen LogP contribution in [0.25, 0.3) is 33.5 Å². The molecule has 326 valence electrons. The van der Waals surface area contributed by atoms with Crippen molar-refractivity contribution in [3.05, 3.63) is 122 Å². The highest BCUT2D eigenvalue weighted by atomic mass is 79.9. The second-order valence-electron chi connectivity index (χ2n) is 16.5. The third-order valence-corrected chi connectivity index (χ3v) is 14.0. The van der Waals surface area contributed by atoms with E-state index in [0.717, 1.165) is 81.3 Å². The molecule has 0 spiro atoms. The van der Waals surface area contributed by atoms with Crippen molar-refractivity contribution in [3.8, 4) is 11.4 Å². The van der Waals surface area contributed by atoms with Crippen molar-refractivity contribution >= 4 is 71.6 Å². The van der Waals surface area contributed by atoms with E-state index in [1.165, 1.54) is 18.2 Å². The fourth-order valence-electron chi connectivity index (χ4n) is 10.3. The molecule has 3 aliphatic rings. The second-order valence-corrected chi connectivity index (χ2v) is 18.3. The zero-order valence-corrected chi connectivity index (χ0v) is 38.6. The largest absolute Gasteiger partial charge is 0.476 e. The highest BCUT2D eigenvalue weighted by Gasteiger charge is 2.50. The van der Waals surface area contributed by atoms with Crippen molar-refractivity contribution < 1.29 is 28.9 Å². The van der Waals surface area contributed by atoms with Crippen molar-refractivity contribution in [2.45, 2.75) is 50.1 Å². The molecule has 0 amide bonds. The van der Waals surface area contributed by atoms with Crippen LogP contribution in [0, 0.1) is 11.8 Å². The monoisotopic (exact) mass is 978 g/mol. The molecule has 0 aliphatic carbocycles. The third-order valence-electron chi connectivity index (χ3n) is 12.9. The number of rotatable bonds is 8. The molecule has 0 bridgehead atoms. The molecule has 3 unspecified atom stereocenters. The number of carbonyl (C=O) groups is 2. The zero-order chi connectivity index (χ0) is 44.0. The van der Waals surface area contributed by atoms with Gasteiger partial charge in [-0.3, -0.25) is 19.3 Å². The van der Waals surface area contributed by atoms with Gasteiger partial charge in [-0.2, -0.15) is 10.2 Å². The van der Waals surface area contributed by atoms with E-state index >= 15 is 0 Å². The molecule has 2 aromatic carbocycles. The van der Waals surface area contributed by atoms with Gasteiger partial charge in [0.25, 0.3) is 0 Å². The third kappa shape index (κ3) is 7.64. The number of aromatic carboxylic acids is 1. The number of ether oxygens (including phenoxy) is 3. The number of fused-ring (bicyclic) bond motifs is 6. The van der Waals surface area contributed by atoms with Gasteiger partial charge in [-0.25, -0.2) is 9.59 Å². The molecule has 7 aromatic rings. The number of nitrogens with zero attached hydrogens (tertiary/aromatic N) is 7. The van der Waals surface area contributed by atoms with Crippen LogP contribution < -0.4 is 5.32 Å². The Balaban J connectivity index is 0.000000160. The average molecular weight is 981 g/mol. The van der Waals surface area contributed by atoms with E-state index in [2.05, 4.69) is 106 Å². The number of hydrogen-bond donors (Lipinski definition) is 2. The Morgan fingerprint density at radius 2 is 1.46 bits per heavy atom. The number of carboxylic acid groups (broad SMARTS) is 1. The maximum absolute atomic E-state index is 12.7. The molecule has 10 rings (SSSR count). The Morgan fingerprint density at radius 1 is 0.841 bits per heavy atom. The number of methoxy groups -OCH3 is 1. The summed E-state index contributed by atoms with van der Waals surface area (Å²) in [6, 6.07) is 24.8. The first kappa shape index (κ1) is 42.9. The van der Waals surface area contributed by atoms with Gasteiger partial charge < -0.3 is 29.2 Å². The Morgan fingerprint density at radius 3 is 2.10 bits per heavy atom. The van der Waals surface area contributed by atoms with E-state index in [0.29, 0.717) is 42.0 Å². The van der Waals surface area contributed by atoms with Crippen LogP contribution in [0.5, 0.6) is 0 Å². The molecule has 5 aromatic heterocycles. The molecule has 63 heavy (non-hydrogen) atoms. The minimum atomic E-state index is -1.04. The number of halogens is 2. The van der Waals surface area contributed by atoms with Crippen LogP contribution in [0.4, 0.5) is 5.69 Å². The van der Waals surface area contributed by atoms with Gasteiger partial charge in [0.1, 0.15) is 22.2 Å². The quantitative estimate of drug-likeness (QED) is 0.140. The summed E-state index contributed by atoms with van der Waals surface area (Å²) >= 11 is 7.26. The summed E-state index contributed by atoms with van der Waals surface area (Å²) in [5, 5.41) is 22.8. The Hall–Kier alpha value is -5.42. The number of aryl methyl sites for hydroxylation is 2. The van der Waals surface area contributed by atoms with Gasteiger partial charge in [0, 0.05) is 73.3 Å². The number of benzene rings is 2. The zero-order valence-electron chi connectivity index (χ0n) is 35.4.